The first kappa shape index (κ1) is 3.89. The molecule has 1 aromatic heterocycles. The highest BCUT2D eigenvalue weighted by molar-refractivity contribution is 5.98. The molecule has 2 aromatic rings. The first-order valence-corrected chi connectivity index (χ1v) is 2.43. The van der Waals surface area contributed by atoms with Gasteiger partial charge in [-0.3, -0.25) is 4.79 Å². The maximum absolute atomic E-state index is 10.5. The second kappa shape index (κ2) is 0.869. The molecule has 40 valence electrons. The van der Waals surface area contributed by atoms with Crippen molar-refractivity contribution in [3.63, 3.8) is 0 Å². The van der Waals surface area contributed by atoms with Gasteiger partial charge in [-0.1, -0.05) is 0 Å². The van der Waals surface area contributed by atoms with Crippen LogP contribution in [0, 0.1) is 6.92 Å². The summed E-state index contributed by atoms with van der Waals surface area (Å²) >= 11 is 0. The van der Waals surface area contributed by atoms with Crippen LogP contribution >= 0.6 is 0 Å². The second-order valence-electron chi connectivity index (χ2n) is 1.91. The summed E-state index contributed by atoms with van der Waals surface area (Å²) in [6.07, 6.45) is 1.51. The second-order valence-corrected chi connectivity index (χ2v) is 1.91. The van der Waals surface area contributed by atoms with Crippen LogP contribution in [0.1, 0.15) is 5.76 Å². The van der Waals surface area contributed by atoms with Crippen LogP contribution in [-0.2, 0) is 0 Å². The van der Waals surface area contributed by atoms with Crippen LogP contribution in [-0.4, -0.2) is 0 Å². The summed E-state index contributed by atoms with van der Waals surface area (Å²) in [5.41, 5.74) is 0.161. The van der Waals surface area contributed by atoms with Gasteiger partial charge in [0, 0.05) is 0 Å². The normalized spacial score (nSPS) is 11.6. The molecular weight excluding hydrogens is 104 g/mol. The molecule has 2 heteroatoms. The lowest BCUT2D eigenvalue weighted by Gasteiger charge is -1.72. The quantitative estimate of drug-likeness (QED) is 0.503. The van der Waals surface area contributed by atoms with Crippen molar-refractivity contribution in [2.24, 2.45) is 0 Å². The van der Waals surface area contributed by atoms with E-state index in [0.29, 0.717) is 0 Å². The Morgan fingerprint density at radius 1 is 1.62 bits per heavy atom. The molecule has 0 bridgehead atoms. The zero-order valence-electron chi connectivity index (χ0n) is 4.39. The van der Waals surface area contributed by atoms with E-state index in [1.807, 2.05) is 0 Å². The lowest BCUT2D eigenvalue weighted by molar-refractivity contribution is 0.538. The molecule has 0 fully saturated rings. The van der Waals surface area contributed by atoms with Gasteiger partial charge >= 0.3 is 0 Å². The van der Waals surface area contributed by atoms with Gasteiger partial charge in [-0.05, 0) is 6.92 Å². The van der Waals surface area contributed by atoms with E-state index >= 15 is 0 Å². The average molecular weight is 108 g/mol. The molecule has 1 aromatic carbocycles. The molecule has 0 aliphatic heterocycles. The van der Waals surface area contributed by atoms with E-state index in [4.69, 9.17) is 4.42 Å². The third-order valence-electron chi connectivity index (χ3n) is 1.38. The lowest BCUT2D eigenvalue weighted by Crippen LogP contribution is -1.73. The summed E-state index contributed by atoms with van der Waals surface area (Å²) in [7, 11) is 0. The topological polar surface area (TPSA) is 30.2 Å². The lowest BCUT2D eigenvalue weighted by atomic mass is 10.5. The standard InChI is InChI=1S/C6H4O2/c1-3-5-4(2-8-3)6(5)7/h2H,1H3. The van der Waals surface area contributed by atoms with Crippen LogP contribution in [0.4, 0.5) is 0 Å². The molecule has 0 unspecified atom stereocenters. The smallest absolute Gasteiger partial charge is 0.201 e. The van der Waals surface area contributed by atoms with E-state index in [9.17, 15) is 4.79 Å². The van der Waals surface area contributed by atoms with Crippen LogP contribution in [0.3, 0.4) is 0 Å². The van der Waals surface area contributed by atoms with Crippen LogP contribution in [0.25, 0.3) is 10.8 Å². The van der Waals surface area contributed by atoms with E-state index < -0.39 is 0 Å². The summed E-state index contributed by atoms with van der Waals surface area (Å²) in [5, 5.41) is 1.56. The van der Waals surface area contributed by atoms with Gasteiger partial charge in [0.15, 0.2) is 0 Å². The minimum absolute atomic E-state index is 0.161. The van der Waals surface area contributed by atoms with Crippen molar-refractivity contribution in [1.29, 1.82) is 0 Å². The number of hydrogen-bond donors (Lipinski definition) is 0. The molecule has 0 amide bonds. The van der Waals surface area contributed by atoms with E-state index in [2.05, 4.69) is 0 Å². The Labute approximate surface area is 45.4 Å². The predicted molar refractivity (Wildman–Crippen MR) is 29.6 cm³/mol. The van der Waals surface area contributed by atoms with E-state index in [-0.39, 0.29) is 5.43 Å². The zero-order valence-corrected chi connectivity index (χ0v) is 4.39. The fourth-order valence-electron chi connectivity index (χ4n) is 0.852. The highest BCUT2D eigenvalue weighted by Gasteiger charge is 2.17. The Morgan fingerprint density at radius 2 is 2.38 bits per heavy atom. The van der Waals surface area contributed by atoms with E-state index in [1.54, 1.807) is 6.92 Å². The summed E-state index contributed by atoms with van der Waals surface area (Å²) < 4.78 is 4.88. The van der Waals surface area contributed by atoms with Gasteiger partial charge < -0.3 is 4.42 Å². The highest BCUT2D eigenvalue weighted by atomic mass is 16.3. The Bertz CT molecular complexity index is 333. The Kier molecular flexibility index (Phi) is 0.423. The molecule has 0 radical (unpaired) electrons. The number of aryl methyl sites for hydroxylation is 1. The average Bonchev–Trinajstić information content (AvgIpc) is 2.13. The maximum Gasteiger partial charge on any atom is 0.201 e. The summed E-state index contributed by atoms with van der Waals surface area (Å²) in [6.45, 7) is 1.80. The summed E-state index contributed by atoms with van der Waals surface area (Å²) in [4.78, 5) is 10.5. The SMILES string of the molecule is Cc1occ2c(=O)c12. The molecule has 2 nitrogen and oxygen atoms in total. The molecule has 0 N–H and O–H groups in total. The van der Waals surface area contributed by atoms with Crippen molar-refractivity contribution in [3.05, 3.63) is 22.2 Å². The fourth-order valence-corrected chi connectivity index (χ4v) is 0.852. The third kappa shape index (κ3) is 0.240. The summed E-state index contributed by atoms with van der Waals surface area (Å²) in [6, 6.07) is 0. The molecule has 1 heterocycles. The van der Waals surface area contributed by atoms with Gasteiger partial charge in [-0.15, -0.1) is 0 Å². The molecule has 0 atom stereocenters. The number of furan rings is 1. The van der Waals surface area contributed by atoms with Crippen molar-refractivity contribution in [1.82, 2.24) is 0 Å². The Hall–Kier alpha value is -1.05. The molecule has 0 spiro atoms. The molecular formula is C6H4O2. The molecule has 8 heavy (non-hydrogen) atoms. The maximum atomic E-state index is 10.5. The minimum Gasteiger partial charge on any atom is -0.468 e. The molecule has 0 saturated heterocycles. The van der Waals surface area contributed by atoms with Crippen molar-refractivity contribution in [2.45, 2.75) is 6.92 Å². The molecule has 0 saturated carbocycles. The van der Waals surface area contributed by atoms with Crippen LogP contribution < -0.4 is 5.43 Å². The van der Waals surface area contributed by atoms with Crippen LogP contribution in [0.15, 0.2) is 15.5 Å². The van der Waals surface area contributed by atoms with Gasteiger partial charge in [-0.2, -0.15) is 0 Å². The van der Waals surface area contributed by atoms with Crippen molar-refractivity contribution in [2.75, 3.05) is 0 Å². The monoisotopic (exact) mass is 108 g/mol. The van der Waals surface area contributed by atoms with Crippen LogP contribution in [0.2, 0.25) is 0 Å². The Balaban J connectivity index is 3.04. The molecule has 2 rings (SSSR count). The molecule has 0 aliphatic carbocycles. The van der Waals surface area contributed by atoms with Crippen molar-refractivity contribution in [3.8, 4) is 0 Å². The highest BCUT2D eigenvalue weighted by Crippen LogP contribution is 2.19. The first-order valence-electron chi connectivity index (χ1n) is 2.43. The van der Waals surface area contributed by atoms with Crippen molar-refractivity contribution >= 4 is 10.8 Å². The Morgan fingerprint density at radius 3 is 2.62 bits per heavy atom. The number of hydrogen-bond acceptors (Lipinski definition) is 2. The third-order valence-corrected chi connectivity index (χ3v) is 1.38. The van der Waals surface area contributed by atoms with Gasteiger partial charge in [0.2, 0.25) is 5.43 Å². The van der Waals surface area contributed by atoms with Gasteiger partial charge in [0.05, 0.1) is 10.8 Å². The van der Waals surface area contributed by atoms with Crippen LogP contribution in [0.5, 0.6) is 0 Å². The van der Waals surface area contributed by atoms with Gasteiger partial charge in [-0.25, -0.2) is 0 Å². The largest absolute Gasteiger partial charge is 0.468 e. The summed E-state index contributed by atoms with van der Waals surface area (Å²) in [5.74, 6) is 0.755. The van der Waals surface area contributed by atoms with E-state index in [1.165, 1.54) is 6.26 Å². The number of rotatable bonds is 0. The fraction of sp³-hybridized carbons (Fsp3) is 0.167. The van der Waals surface area contributed by atoms with Gasteiger partial charge in [0.25, 0.3) is 0 Å². The number of fused-ring (bicyclic) bond motifs is 1. The van der Waals surface area contributed by atoms with E-state index in [0.717, 1.165) is 16.5 Å². The molecule has 0 aliphatic rings. The van der Waals surface area contributed by atoms with Crippen molar-refractivity contribution < 1.29 is 4.42 Å². The van der Waals surface area contributed by atoms with Gasteiger partial charge in [0.1, 0.15) is 12.0 Å². The predicted octanol–water partition coefficient (Wildman–Crippen LogP) is 0.977. The minimum atomic E-state index is 0.161. The zero-order chi connectivity index (χ0) is 5.72. The first-order chi connectivity index (χ1) is 3.80.